The number of hydrogen-bond acceptors (Lipinski definition) is 4. The quantitative estimate of drug-likeness (QED) is 0.692. The van der Waals surface area contributed by atoms with Crippen LogP contribution in [0.1, 0.15) is 10.4 Å². The first kappa shape index (κ1) is 13.9. The average Bonchev–Trinajstić information content (AvgIpc) is 2.62. The molecule has 0 amide bonds. The number of ether oxygens (including phenoxy) is 1. The molecule has 4 nitrogen and oxygen atoms in total. The number of methoxy groups -OCH3 is 1. The third-order valence-electron chi connectivity index (χ3n) is 3.44. The summed E-state index contributed by atoms with van der Waals surface area (Å²) in [5, 5.41) is 0. The van der Waals surface area contributed by atoms with Crippen LogP contribution < -0.4 is 0 Å². The molecule has 0 unspecified atom stereocenters. The van der Waals surface area contributed by atoms with Gasteiger partial charge in [0.05, 0.1) is 12.7 Å². The number of aromatic nitrogens is 2. The van der Waals surface area contributed by atoms with Gasteiger partial charge in [-0.1, -0.05) is 18.2 Å². The summed E-state index contributed by atoms with van der Waals surface area (Å²) in [6.07, 6.45) is 6.82. The lowest BCUT2D eigenvalue weighted by atomic mass is 9.92. The summed E-state index contributed by atoms with van der Waals surface area (Å²) < 4.78 is 4.99. The molecule has 0 aliphatic carbocycles. The van der Waals surface area contributed by atoms with Crippen LogP contribution in [0.15, 0.2) is 67.3 Å². The second-order valence-electron chi connectivity index (χ2n) is 4.69. The topological polar surface area (TPSA) is 52.1 Å². The highest BCUT2D eigenvalue weighted by atomic mass is 16.5. The summed E-state index contributed by atoms with van der Waals surface area (Å²) >= 11 is 0. The molecule has 1 aromatic carbocycles. The van der Waals surface area contributed by atoms with Crippen LogP contribution >= 0.6 is 0 Å². The van der Waals surface area contributed by atoms with E-state index in [0.29, 0.717) is 5.56 Å². The fourth-order valence-corrected chi connectivity index (χ4v) is 2.42. The van der Waals surface area contributed by atoms with Crippen molar-refractivity contribution in [1.82, 2.24) is 9.97 Å². The second kappa shape index (κ2) is 6.18. The Bertz CT molecular complexity index is 729. The van der Waals surface area contributed by atoms with Gasteiger partial charge in [-0.3, -0.25) is 9.97 Å². The first-order chi connectivity index (χ1) is 10.8. The standard InChI is InChI=1S/C18H14N2O2/c1-22-18(21)17-15(13-5-9-19-10-6-13)3-2-4-16(17)14-7-11-20-12-8-14/h2-12H,1H3. The second-order valence-corrected chi connectivity index (χ2v) is 4.69. The van der Waals surface area contributed by atoms with Crippen LogP contribution in [0.2, 0.25) is 0 Å². The molecule has 108 valence electrons. The molecule has 0 N–H and O–H groups in total. The average molecular weight is 290 g/mol. The lowest BCUT2D eigenvalue weighted by Crippen LogP contribution is -2.06. The Hall–Kier alpha value is -3.01. The van der Waals surface area contributed by atoms with Crippen LogP contribution in [-0.4, -0.2) is 23.0 Å². The predicted molar refractivity (Wildman–Crippen MR) is 84.2 cm³/mol. The Balaban J connectivity index is 2.26. The number of esters is 1. The Morgan fingerprint density at radius 3 is 1.68 bits per heavy atom. The van der Waals surface area contributed by atoms with Crippen LogP contribution in [0.4, 0.5) is 0 Å². The number of carbonyl (C=O) groups excluding carboxylic acids is 1. The van der Waals surface area contributed by atoms with Crippen molar-refractivity contribution in [3.8, 4) is 22.3 Å². The molecule has 3 aromatic rings. The van der Waals surface area contributed by atoms with Crippen LogP contribution in [0, 0.1) is 0 Å². The maximum atomic E-state index is 12.3. The number of pyridine rings is 2. The van der Waals surface area contributed by atoms with Gasteiger partial charge in [-0.15, -0.1) is 0 Å². The Morgan fingerprint density at radius 2 is 1.27 bits per heavy atom. The molecule has 0 aliphatic heterocycles. The van der Waals surface area contributed by atoms with Crippen LogP contribution in [-0.2, 0) is 4.74 Å². The summed E-state index contributed by atoms with van der Waals surface area (Å²) in [6, 6.07) is 13.2. The van der Waals surface area contributed by atoms with Crippen molar-refractivity contribution in [2.24, 2.45) is 0 Å². The van der Waals surface area contributed by atoms with E-state index < -0.39 is 0 Å². The van der Waals surface area contributed by atoms with Gasteiger partial charge in [0.1, 0.15) is 0 Å². The first-order valence-corrected chi connectivity index (χ1v) is 6.83. The Kier molecular flexibility index (Phi) is 3.92. The molecule has 0 fully saturated rings. The van der Waals surface area contributed by atoms with Gasteiger partial charge in [-0.05, 0) is 46.5 Å². The fourth-order valence-electron chi connectivity index (χ4n) is 2.42. The van der Waals surface area contributed by atoms with E-state index in [1.54, 1.807) is 24.8 Å². The maximum absolute atomic E-state index is 12.3. The molecule has 0 saturated carbocycles. The molecule has 0 saturated heterocycles. The molecule has 0 aliphatic rings. The molecule has 0 radical (unpaired) electrons. The van der Waals surface area contributed by atoms with Gasteiger partial charge in [-0.25, -0.2) is 4.79 Å². The lowest BCUT2D eigenvalue weighted by molar-refractivity contribution is 0.0602. The van der Waals surface area contributed by atoms with Crippen molar-refractivity contribution < 1.29 is 9.53 Å². The minimum atomic E-state index is -0.362. The third kappa shape index (κ3) is 2.59. The summed E-state index contributed by atoms with van der Waals surface area (Å²) in [5.74, 6) is -0.362. The molecule has 4 heteroatoms. The van der Waals surface area contributed by atoms with Crippen molar-refractivity contribution >= 4 is 5.97 Å². The van der Waals surface area contributed by atoms with Crippen LogP contribution in [0.5, 0.6) is 0 Å². The van der Waals surface area contributed by atoms with Gasteiger partial charge >= 0.3 is 5.97 Å². The van der Waals surface area contributed by atoms with Gasteiger partial charge in [0.25, 0.3) is 0 Å². The minimum Gasteiger partial charge on any atom is -0.465 e. The third-order valence-corrected chi connectivity index (χ3v) is 3.44. The highest BCUT2D eigenvalue weighted by Crippen LogP contribution is 2.32. The predicted octanol–water partition coefficient (Wildman–Crippen LogP) is 3.60. The normalized spacial score (nSPS) is 10.2. The molecule has 0 bridgehead atoms. The van der Waals surface area contributed by atoms with Gasteiger partial charge < -0.3 is 4.74 Å². The summed E-state index contributed by atoms with van der Waals surface area (Å²) in [7, 11) is 1.39. The van der Waals surface area contributed by atoms with Crippen molar-refractivity contribution in [2.45, 2.75) is 0 Å². The maximum Gasteiger partial charge on any atom is 0.339 e. The van der Waals surface area contributed by atoms with E-state index in [1.165, 1.54) is 7.11 Å². The summed E-state index contributed by atoms with van der Waals surface area (Å²) in [6.45, 7) is 0. The number of benzene rings is 1. The molecule has 0 spiro atoms. The molecule has 22 heavy (non-hydrogen) atoms. The lowest BCUT2D eigenvalue weighted by Gasteiger charge is -2.13. The molecule has 3 rings (SSSR count). The van der Waals surface area contributed by atoms with E-state index in [4.69, 9.17) is 4.74 Å². The van der Waals surface area contributed by atoms with E-state index in [2.05, 4.69) is 9.97 Å². The van der Waals surface area contributed by atoms with Crippen molar-refractivity contribution in [3.05, 3.63) is 72.8 Å². The van der Waals surface area contributed by atoms with Gasteiger partial charge in [0, 0.05) is 24.8 Å². The van der Waals surface area contributed by atoms with E-state index in [0.717, 1.165) is 22.3 Å². The zero-order valence-corrected chi connectivity index (χ0v) is 12.1. The fraction of sp³-hybridized carbons (Fsp3) is 0.0556. The molecule has 0 atom stereocenters. The minimum absolute atomic E-state index is 0.362. The van der Waals surface area contributed by atoms with Crippen molar-refractivity contribution in [3.63, 3.8) is 0 Å². The number of rotatable bonds is 3. The largest absolute Gasteiger partial charge is 0.465 e. The van der Waals surface area contributed by atoms with E-state index in [9.17, 15) is 4.79 Å². The first-order valence-electron chi connectivity index (χ1n) is 6.83. The van der Waals surface area contributed by atoms with Gasteiger partial charge in [-0.2, -0.15) is 0 Å². The van der Waals surface area contributed by atoms with Crippen molar-refractivity contribution in [1.29, 1.82) is 0 Å². The number of nitrogens with zero attached hydrogens (tertiary/aromatic N) is 2. The summed E-state index contributed by atoms with van der Waals surface area (Å²) in [4.78, 5) is 20.4. The summed E-state index contributed by atoms with van der Waals surface area (Å²) in [5.41, 5.74) is 4.03. The highest BCUT2D eigenvalue weighted by molar-refractivity contribution is 6.04. The zero-order valence-electron chi connectivity index (χ0n) is 12.1. The van der Waals surface area contributed by atoms with Crippen molar-refractivity contribution in [2.75, 3.05) is 7.11 Å². The Morgan fingerprint density at radius 1 is 0.818 bits per heavy atom. The van der Waals surface area contributed by atoms with Gasteiger partial charge in [0.15, 0.2) is 0 Å². The van der Waals surface area contributed by atoms with E-state index in [-0.39, 0.29) is 5.97 Å². The molecule has 2 heterocycles. The van der Waals surface area contributed by atoms with E-state index >= 15 is 0 Å². The molecular formula is C18H14N2O2. The highest BCUT2D eigenvalue weighted by Gasteiger charge is 2.18. The SMILES string of the molecule is COC(=O)c1c(-c2ccncc2)cccc1-c1ccncc1. The smallest absolute Gasteiger partial charge is 0.339 e. The number of hydrogen-bond donors (Lipinski definition) is 0. The monoisotopic (exact) mass is 290 g/mol. The zero-order chi connectivity index (χ0) is 15.4. The van der Waals surface area contributed by atoms with Gasteiger partial charge in [0.2, 0.25) is 0 Å². The Labute approximate surface area is 128 Å². The van der Waals surface area contributed by atoms with E-state index in [1.807, 2.05) is 42.5 Å². The van der Waals surface area contributed by atoms with Crippen LogP contribution in [0.25, 0.3) is 22.3 Å². The molecule has 2 aromatic heterocycles. The van der Waals surface area contributed by atoms with Crippen LogP contribution in [0.3, 0.4) is 0 Å². The molecular weight excluding hydrogens is 276 g/mol. The number of carbonyl (C=O) groups is 1.